The van der Waals surface area contributed by atoms with Crippen LogP contribution in [0.25, 0.3) is 0 Å². The zero-order valence-corrected chi connectivity index (χ0v) is 8.76. The molecule has 0 aromatic carbocycles. The highest BCUT2D eigenvalue weighted by Gasteiger charge is 2.25. The third-order valence-electron chi connectivity index (χ3n) is 3.02. The van der Waals surface area contributed by atoms with E-state index in [0.717, 1.165) is 25.9 Å². The molecule has 1 aliphatic rings. The summed E-state index contributed by atoms with van der Waals surface area (Å²) in [5, 5.41) is 12.4. The normalized spacial score (nSPS) is 25.3. The van der Waals surface area contributed by atoms with Gasteiger partial charge in [-0.3, -0.25) is 0 Å². The molecule has 2 unspecified atom stereocenters. The molecular weight excluding hydrogens is 188 g/mol. The zero-order valence-electron chi connectivity index (χ0n) is 8.76. The van der Waals surface area contributed by atoms with Gasteiger partial charge in [0.25, 0.3) is 0 Å². The Labute approximate surface area is 89.9 Å². The van der Waals surface area contributed by atoms with Gasteiger partial charge < -0.3 is 9.88 Å². The summed E-state index contributed by atoms with van der Waals surface area (Å²) >= 11 is 0. The maximum Gasteiger partial charge on any atom is 0.0946 e. The molecule has 0 saturated heterocycles. The number of nitrogens with one attached hydrogen (secondary N) is 1. The van der Waals surface area contributed by atoms with E-state index in [1.54, 1.807) is 6.20 Å². The predicted molar refractivity (Wildman–Crippen MR) is 57.0 cm³/mol. The van der Waals surface area contributed by atoms with Crippen LogP contribution in [0.5, 0.6) is 0 Å². The minimum atomic E-state index is 0.216. The molecule has 80 valence electrons. The molecule has 2 rings (SSSR count). The predicted octanol–water partition coefficient (Wildman–Crippen LogP) is 1.16. The van der Waals surface area contributed by atoms with Crippen LogP contribution in [-0.4, -0.2) is 22.1 Å². The van der Waals surface area contributed by atoms with E-state index in [2.05, 4.69) is 16.4 Å². The van der Waals surface area contributed by atoms with Gasteiger partial charge in [0, 0.05) is 31.5 Å². The van der Waals surface area contributed by atoms with Crippen LogP contribution in [0.4, 0.5) is 0 Å². The molecule has 1 N–H and O–H groups in total. The summed E-state index contributed by atoms with van der Waals surface area (Å²) in [6, 6.07) is 2.78. The highest BCUT2D eigenvalue weighted by atomic mass is 15.0. The molecule has 15 heavy (non-hydrogen) atoms. The van der Waals surface area contributed by atoms with Gasteiger partial charge in [-0.25, -0.2) is 4.98 Å². The Hall–Kier alpha value is -1.34. The lowest BCUT2D eigenvalue weighted by atomic mass is 10.1. The Balaban J connectivity index is 1.72. The second kappa shape index (κ2) is 4.94. The van der Waals surface area contributed by atoms with Crippen molar-refractivity contribution in [2.24, 2.45) is 5.92 Å². The van der Waals surface area contributed by atoms with E-state index in [0.29, 0.717) is 6.04 Å². The largest absolute Gasteiger partial charge is 0.336 e. The summed E-state index contributed by atoms with van der Waals surface area (Å²) in [5.74, 6) is 0.216. The lowest BCUT2D eigenvalue weighted by molar-refractivity contribution is 0.449. The lowest BCUT2D eigenvalue weighted by Gasteiger charge is -2.15. The van der Waals surface area contributed by atoms with Crippen molar-refractivity contribution < 1.29 is 0 Å². The second-order valence-corrected chi connectivity index (χ2v) is 4.03. The molecule has 1 aromatic heterocycles. The molecule has 2 atom stereocenters. The van der Waals surface area contributed by atoms with Crippen LogP contribution in [-0.2, 0) is 6.54 Å². The lowest BCUT2D eigenvalue weighted by Crippen LogP contribution is -2.34. The van der Waals surface area contributed by atoms with Gasteiger partial charge in [-0.05, 0) is 12.8 Å². The molecule has 4 nitrogen and oxygen atoms in total. The number of hydrogen-bond donors (Lipinski definition) is 1. The summed E-state index contributed by atoms with van der Waals surface area (Å²) in [5.41, 5.74) is 0. The van der Waals surface area contributed by atoms with Crippen molar-refractivity contribution in [2.75, 3.05) is 6.54 Å². The SMILES string of the molecule is N#CC1CCCC1NCCn1ccnc1. The maximum atomic E-state index is 8.91. The first-order valence-electron chi connectivity index (χ1n) is 5.49. The fourth-order valence-electron chi connectivity index (χ4n) is 2.16. The average Bonchev–Trinajstić information content (AvgIpc) is 2.88. The second-order valence-electron chi connectivity index (χ2n) is 4.03. The Kier molecular flexibility index (Phi) is 3.36. The van der Waals surface area contributed by atoms with E-state index in [1.807, 2.05) is 17.1 Å². The first-order valence-corrected chi connectivity index (χ1v) is 5.49. The van der Waals surface area contributed by atoms with E-state index < -0.39 is 0 Å². The molecule has 4 heteroatoms. The van der Waals surface area contributed by atoms with Crippen LogP contribution < -0.4 is 5.32 Å². The van der Waals surface area contributed by atoms with Crippen molar-refractivity contribution in [3.05, 3.63) is 18.7 Å². The first-order chi connectivity index (χ1) is 7.40. The fraction of sp³-hybridized carbons (Fsp3) is 0.636. The van der Waals surface area contributed by atoms with Crippen molar-refractivity contribution in [1.29, 1.82) is 5.26 Å². The summed E-state index contributed by atoms with van der Waals surface area (Å²) in [4.78, 5) is 3.99. The van der Waals surface area contributed by atoms with Crippen molar-refractivity contribution in [3.8, 4) is 6.07 Å². The monoisotopic (exact) mass is 204 g/mol. The Morgan fingerprint density at radius 1 is 1.53 bits per heavy atom. The number of aromatic nitrogens is 2. The highest BCUT2D eigenvalue weighted by molar-refractivity contribution is 4.96. The third-order valence-corrected chi connectivity index (χ3v) is 3.02. The standard InChI is InChI=1S/C11H16N4/c12-8-10-2-1-3-11(10)14-5-7-15-6-4-13-9-15/h4,6,9-11,14H,1-3,5,7H2. The summed E-state index contributed by atoms with van der Waals surface area (Å²) in [6.07, 6.45) is 8.94. The smallest absolute Gasteiger partial charge is 0.0946 e. The van der Waals surface area contributed by atoms with Gasteiger partial charge in [0.2, 0.25) is 0 Å². The number of imidazole rings is 1. The Bertz CT molecular complexity index is 325. The minimum Gasteiger partial charge on any atom is -0.336 e. The summed E-state index contributed by atoms with van der Waals surface area (Å²) in [6.45, 7) is 1.84. The van der Waals surface area contributed by atoms with Crippen LogP contribution in [0.15, 0.2) is 18.7 Å². The van der Waals surface area contributed by atoms with Crippen LogP contribution in [0.3, 0.4) is 0 Å². The molecular formula is C11H16N4. The molecule has 1 aromatic rings. The fourth-order valence-corrected chi connectivity index (χ4v) is 2.16. The number of hydrogen-bond acceptors (Lipinski definition) is 3. The zero-order chi connectivity index (χ0) is 10.5. The summed E-state index contributed by atoms with van der Waals surface area (Å²) in [7, 11) is 0. The Morgan fingerprint density at radius 2 is 2.47 bits per heavy atom. The van der Waals surface area contributed by atoms with Crippen LogP contribution in [0, 0.1) is 17.2 Å². The van der Waals surface area contributed by atoms with Crippen LogP contribution >= 0.6 is 0 Å². The molecule has 0 radical (unpaired) electrons. The maximum absolute atomic E-state index is 8.91. The van der Waals surface area contributed by atoms with E-state index in [-0.39, 0.29) is 5.92 Å². The van der Waals surface area contributed by atoms with Crippen molar-refractivity contribution in [2.45, 2.75) is 31.8 Å². The van der Waals surface area contributed by atoms with Crippen molar-refractivity contribution in [1.82, 2.24) is 14.9 Å². The van der Waals surface area contributed by atoms with Gasteiger partial charge in [-0.1, -0.05) is 6.42 Å². The molecule has 1 aliphatic carbocycles. The molecule has 1 heterocycles. The van der Waals surface area contributed by atoms with Crippen molar-refractivity contribution in [3.63, 3.8) is 0 Å². The topological polar surface area (TPSA) is 53.6 Å². The van der Waals surface area contributed by atoms with Gasteiger partial charge in [0.05, 0.1) is 18.3 Å². The Morgan fingerprint density at radius 3 is 3.20 bits per heavy atom. The first kappa shape index (κ1) is 10.2. The van der Waals surface area contributed by atoms with E-state index in [9.17, 15) is 0 Å². The van der Waals surface area contributed by atoms with Gasteiger partial charge >= 0.3 is 0 Å². The van der Waals surface area contributed by atoms with Gasteiger partial charge in [0.15, 0.2) is 0 Å². The number of rotatable bonds is 4. The highest BCUT2D eigenvalue weighted by Crippen LogP contribution is 2.24. The number of nitrogens with zero attached hydrogens (tertiary/aromatic N) is 3. The molecule has 1 saturated carbocycles. The summed E-state index contributed by atoms with van der Waals surface area (Å²) < 4.78 is 2.04. The molecule has 0 aliphatic heterocycles. The third kappa shape index (κ3) is 2.57. The average molecular weight is 204 g/mol. The van der Waals surface area contributed by atoms with Gasteiger partial charge in [0.1, 0.15) is 0 Å². The van der Waals surface area contributed by atoms with E-state index in [1.165, 1.54) is 6.42 Å². The van der Waals surface area contributed by atoms with Gasteiger partial charge in [-0.15, -0.1) is 0 Å². The molecule has 0 amide bonds. The molecule has 0 bridgehead atoms. The molecule has 1 fully saturated rings. The molecule has 0 spiro atoms. The van der Waals surface area contributed by atoms with E-state index >= 15 is 0 Å². The quantitative estimate of drug-likeness (QED) is 0.800. The minimum absolute atomic E-state index is 0.216. The van der Waals surface area contributed by atoms with Crippen molar-refractivity contribution >= 4 is 0 Å². The van der Waals surface area contributed by atoms with Crippen LogP contribution in [0.1, 0.15) is 19.3 Å². The van der Waals surface area contributed by atoms with Crippen LogP contribution in [0.2, 0.25) is 0 Å². The van der Waals surface area contributed by atoms with Gasteiger partial charge in [-0.2, -0.15) is 5.26 Å². The number of nitriles is 1. The van der Waals surface area contributed by atoms with E-state index in [4.69, 9.17) is 5.26 Å².